The van der Waals surface area contributed by atoms with Crippen molar-refractivity contribution >= 4 is 23.6 Å². The number of rotatable bonds is 8. The van der Waals surface area contributed by atoms with Gasteiger partial charge in [0.2, 0.25) is 11.8 Å². The van der Waals surface area contributed by atoms with Gasteiger partial charge in [-0.15, -0.1) is 0 Å². The highest BCUT2D eigenvalue weighted by molar-refractivity contribution is 6.24. The first kappa shape index (κ1) is 18.8. The summed E-state index contributed by atoms with van der Waals surface area (Å²) in [6.45, 7) is 2.25. The molecule has 0 bridgehead atoms. The monoisotopic (exact) mass is 384 g/mol. The molecule has 0 spiro atoms. The van der Waals surface area contributed by atoms with Crippen molar-refractivity contribution in [3.05, 3.63) is 34.9 Å². The van der Waals surface area contributed by atoms with Crippen LogP contribution in [-0.2, 0) is 16.1 Å². The van der Waals surface area contributed by atoms with Gasteiger partial charge in [0.25, 0.3) is 11.8 Å². The normalized spacial score (nSPS) is 21.9. The predicted molar refractivity (Wildman–Crippen MR) is 100 cm³/mol. The summed E-state index contributed by atoms with van der Waals surface area (Å²) in [5.74, 6) is -1.89. The molecule has 3 N–H and O–H groups in total. The maximum Gasteiger partial charge on any atom is 0.262 e. The Morgan fingerprint density at radius 1 is 1.04 bits per heavy atom. The van der Waals surface area contributed by atoms with Gasteiger partial charge >= 0.3 is 0 Å². The molecule has 0 radical (unpaired) electrons. The molecule has 1 aromatic rings. The fourth-order valence-electron chi connectivity index (χ4n) is 3.76. The highest BCUT2D eigenvalue weighted by Crippen LogP contribution is 2.29. The van der Waals surface area contributed by atoms with Crippen LogP contribution in [0.15, 0.2) is 18.2 Å². The van der Waals surface area contributed by atoms with Crippen molar-refractivity contribution in [3.8, 4) is 0 Å². The van der Waals surface area contributed by atoms with Crippen LogP contribution in [0.3, 0.4) is 0 Å². The van der Waals surface area contributed by atoms with Crippen LogP contribution < -0.4 is 16.0 Å². The fraction of sp³-hybridized carbons (Fsp3) is 0.500. The van der Waals surface area contributed by atoms with Gasteiger partial charge in [0, 0.05) is 19.0 Å². The molecular formula is C20H24N4O4. The zero-order valence-corrected chi connectivity index (χ0v) is 15.6. The Bertz CT molecular complexity index is 833. The number of amides is 4. The summed E-state index contributed by atoms with van der Waals surface area (Å²) in [6, 6.07) is 4.96. The van der Waals surface area contributed by atoms with Crippen molar-refractivity contribution in [1.82, 2.24) is 20.9 Å². The molecule has 4 amide bonds. The highest BCUT2D eigenvalue weighted by atomic mass is 16.2. The second-order valence-electron chi connectivity index (χ2n) is 7.55. The van der Waals surface area contributed by atoms with E-state index in [1.165, 1.54) is 12.8 Å². The molecule has 1 aliphatic carbocycles. The van der Waals surface area contributed by atoms with Crippen molar-refractivity contribution in [1.29, 1.82) is 0 Å². The molecule has 1 unspecified atom stereocenters. The molecule has 1 aromatic carbocycles. The second kappa shape index (κ2) is 7.81. The van der Waals surface area contributed by atoms with Gasteiger partial charge in [-0.25, -0.2) is 0 Å². The molecule has 0 aromatic heterocycles. The number of nitrogens with zero attached hydrogens (tertiary/aromatic N) is 1. The summed E-state index contributed by atoms with van der Waals surface area (Å²) in [6.07, 6.45) is 3.80. The number of imide groups is 2. The minimum absolute atomic E-state index is 0.118. The first-order chi connectivity index (χ1) is 13.6. The van der Waals surface area contributed by atoms with E-state index in [-0.39, 0.29) is 18.7 Å². The zero-order valence-electron chi connectivity index (χ0n) is 15.6. The van der Waals surface area contributed by atoms with E-state index in [1.54, 1.807) is 12.1 Å². The second-order valence-corrected chi connectivity index (χ2v) is 7.55. The van der Waals surface area contributed by atoms with Crippen LogP contribution in [0.5, 0.6) is 0 Å². The van der Waals surface area contributed by atoms with Crippen LogP contribution >= 0.6 is 0 Å². The number of carbonyl (C=O) groups excluding carboxylic acids is 4. The molecule has 2 aliphatic heterocycles. The van der Waals surface area contributed by atoms with E-state index in [1.807, 2.05) is 6.07 Å². The molecule has 148 valence electrons. The highest BCUT2D eigenvalue weighted by Gasteiger charge is 2.45. The van der Waals surface area contributed by atoms with E-state index in [0.717, 1.165) is 30.0 Å². The Morgan fingerprint density at radius 2 is 1.86 bits per heavy atom. The Morgan fingerprint density at radius 3 is 2.61 bits per heavy atom. The molecule has 3 aliphatic rings. The number of hydrogen-bond acceptors (Lipinski definition) is 6. The van der Waals surface area contributed by atoms with Crippen molar-refractivity contribution in [3.63, 3.8) is 0 Å². The van der Waals surface area contributed by atoms with E-state index >= 15 is 0 Å². The lowest BCUT2D eigenvalue weighted by Gasteiger charge is -2.27. The molecule has 1 atom stereocenters. The summed E-state index contributed by atoms with van der Waals surface area (Å²) in [5.41, 5.74) is 1.44. The molecule has 8 nitrogen and oxygen atoms in total. The summed E-state index contributed by atoms with van der Waals surface area (Å²) in [4.78, 5) is 50.3. The SMILES string of the molecule is O=C1CCC(N2C(=O)c3cccc(CNCCCNC4CC4)c3C2=O)C(=O)N1. The third-order valence-electron chi connectivity index (χ3n) is 5.41. The van der Waals surface area contributed by atoms with E-state index in [9.17, 15) is 19.2 Å². The van der Waals surface area contributed by atoms with E-state index in [4.69, 9.17) is 0 Å². The van der Waals surface area contributed by atoms with Gasteiger partial charge in [-0.2, -0.15) is 0 Å². The van der Waals surface area contributed by atoms with Gasteiger partial charge in [-0.3, -0.25) is 29.4 Å². The Hall–Kier alpha value is -2.58. The van der Waals surface area contributed by atoms with Gasteiger partial charge in [-0.1, -0.05) is 12.1 Å². The lowest BCUT2D eigenvalue weighted by atomic mass is 10.0. The maximum absolute atomic E-state index is 13.0. The molecule has 4 rings (SSSR count). The maximum atomic E-state index is 13.0. The molecule has 28 heavy (non-hydrogen) atoms. The van der Waals surface area contributed by atoms with Gasteiger partial charge < -0.3 is 10.6 Å². The predicted octanol–water partition coefficient (Wildman–Crippen LogP) is 0.320. The van der Waals surface area contributed by atoms with E-state index in [2.05, 4.69) is 16.0 Å². The molecule has 2 fully saturated rings. The molecule has 2 heterocycles. The standard InChI is InChI=1S/C20H24N4O4/c25-16-8-7-15(18(26)23-16)24-19(27)14-4-1-3-12(17(14)20(24)28)11-21-9-2-10-22-13-5-6-13/h1,3-4,13,15,21-22H,2,5-11H2,(H,23,25,26). The zero-order chi connectivity index (χ0) is 19.7. The lowest BCUT2D eigenvalue weighted by molar-refractivity contribution is -0.136. The average molecular weight is 384 g/mol. The summed E-state index contributed by atoms with van der Waals surface area (Å²) in [5, 5.41) is 8.99. The van der Waals surface area contributed by atoms with Crippen LogP contribution in [0.25, 0.3) is 0 Å². The topological polar surface area (TPSA) is 108 Å². The number of hydrogen-bond donors (Lipinski definition) is 3. The van der Waals surface area contributed by atoms with Crippen LogP contribution in [0.2, 0.25) is 0 Å². The van der Waals surface area contributed by atoms with Gasteiger partial charge in [0.05, 0.1) is 11.1 Å². The number of benzene rings is 1. The van der Waals surface area contributed by atoms with E-state index < -0.39 is 23.8 Å². The third kappa shape index (κ3) is 3.70. The number of nitrogens with one attached hydrogen (secondary N) is 3. The first-order valence-corrected chi connectivity index (χ1v) is 9.84. The summed E-state index contributed by atoms with van der Waals surface area (Å²) in [7, 11) is 0. The molecule has 8 heteroatoms. The Kier molecular flexibility index (Phi) is 5.23. The number of fused-ring (bicyclic) bond motifs is 1. The Balaban J connectivity index is 1.42. The van der Waals surface area contributed by atoms with Crippen LogP contribution in [0, 0.1) is 0 Å². The smallest absolute Gasteiger partial charge is 0.262 e. The van der Waals surface area contributed by atoms with Crippen LogP contribution in [-0.4, -0.2) is 53.7 Å². The third-order valence-corrected chi connectivity index (χ3v) is 5.41. The number of piperidine rings is 1. The fourth-order valence-corrected chi connectivity index (χ4v) is 3.76. The summed E-state index contributed by atoms with van der Waals surface area (Å²) >= 11 is 0. The summed E-state index contributed by atoms with van der Waals surface area (Å²) < 4.78 is 0. The van der Waals surface area contributed by atoms with Crippen LogP contribution in [0.4, 0.5) is 0 Å². The molecule has 1 saturated carbocycles. The van der Waals surface area contributed by atoms with Crippen molar-refractivity contribution < 1.29 is 19.2 Å². The van der Waals surface area contributed by atoms with Gasteiger partial charge in [-0.05, 0) is 50.4 Å². The van der Waals surface area contributed by atoms with Crippen molar-refractivity contribution in [2.24, 2.45) is 0 Å². The van der Waals surface area contributed by atoms with Crippen molar-refractivity contribution in [2.75, 3.05) is 13.1 Å². The van der Waals surface area contributed by atoms with Crippen LogP contribution in [0.1, 0.15) is 58.4 Å². The largest absolute Gasteiger partial charge is 0.314 e. The first-order valence-electron chi connectivity index (χ1n) is 9.84. The van der Waals surface area contributed by atoms with Gasteiger partial charge in [0.15, 0.2) is 0 Å². The minimum atomic E-state index is -0.931. The minimum Gasteiger partial charge on any atom is -0.314 e. The lowest BCUT2D eigenvalue weighted by Crippen LogP contribution is -2.54. The average Bonchev–Trinajstić information content (AvgIpc) is 3.46. The van der Waals surface area contributed by atoms with Gasteiger partial charge in [0.1, 0.15) is 6.04 Å². The molecular weight excluding hydrogens is 360 g/mol. The van der Waals surface area contributed by atoms with Crippen molar-refractivity contribution in [2.45, 2.75) is 50.7 Å². The number of carbonyl (C=O) groups is 4. The van der Waals surface area contributed by atoms with E-state index in [0.29, 0.717) is 23.7 Å². The molecule has 1 saturated heterocycles. The Labute approximate surface area is 163 Å². The quantitative estimate of drug-likeness (QED) is 0.440.